The van der Waals surface area contributed by atoms with Crippen LogP contribution in [0.2, 0.25) is 15.3 Å². The number of amides is 1. The highest BCUT2D eigenvalue weighted by Crippen LogP contribution is 2.34. The topological polar surface area (TPSA) is 62.5 Å². The van der Waals surface area contributed by atoms with Crippen molar-refractivity contribution in [2.45, 2.75) is 0 Å². The van der Waals surface area contributed by atoms with Crippen LogP contribution in [0.5, 0.6) is 5.75 Å². The van der Waals surface area contributed by atoms with E-state index in [0.717, 1.165) is 0 Å². The lowest BCUT2D eigenvalue weighted by Crippen LogP contribution is -2.10. The van der Waals surface area contributed by atoms with Crippen LogP contribution in [0.3, 0.4) is 0 Å². The molecule has 0 aliphatic rings. The summed E-state index contributed by atoms with van der Waals surface area (Å²) in [5, 5.41) is 12.1. The summed E-state index contributed by atoms with van der Waals surface area (Å²) in [6.45, 7) is 0. The molecule has 94 valence electrons. The van der Waals surface area contributed by atoms with Gasteiger partial charge in [0.15, 0.2) is 16.7 Å². The van der Waals surface area contributed by atoms with Gasteiger partial charge in [-0.2, -0.15) is 0 Å². The number of nitrogens with one attached hydrogen (secondary N) is 1. The van der Waals surface area contributed by atoms with Gasteiger partial charge in [-0.15, -0.1) is 0 Å². The minimum atomic E-state index is -0.500. The van der Waals surface area contributed by atoms with Crippen molar-refractivity contribution in [3.63, 3.8) is 0 Å². The van der Waals surface area contributed by atoms with Gasteiger partial charge in [0.25, 0.3) is 5.91 Å². The van der Waals surface area contributed by atoms with Crippen LogP contribution in [0.15, 0.2) is 28.7 Å². The van der Waals surface area contributed by atoms with E-state index in [2.05, 4.69) is 5.32 Å². The number of hydrogen-bond donors (Lipinski definition) is 2. The van der Waals surface area contributed by atoms with E-state index in [1.54, 1.807) is 0 Å². The zero-order valence-corrected chi connectivity index (χ0v) is 11.0. The molecular weight excluding hydrogens is 300 g/mol. The van der Waals surface area contributed by atoms with Crippen LogP contribution < -0.4 is 5.32 Å². The normalized spacial score (nSPS) is 10.4. The van der Waals surface area contributed by atoms with Crippen LogP contribution in [0.25, 0.3) is 0 Å². The molecule has 2 N–H and O–H groups in total. The number of anilines is 1. The fraction of sp³-hybridized carbons (Fsp3) is 0. The van der Waals surface area contributed by atoms with Crippen LogP contribution in [0.4, 0.5) is 5.69 Å². The van der Waals surface area contributed by atoms with Gasteiger partial charge in [0.2, 0.25) is 0 Å². The van der Waals surface area contributed by atoms with Crippen LogP contribution in [0.1, 0.15) is 10.6 Å². The summed E-state index contributed by atoms with van der Waals surface area (Å²) >= 11 is 17.0. The van der Waals surface area contributed by atoms with E-state index in [1.807, 2.05) is 0 Å². The first-order valence-corrected chi connectivity index (χ1v) is 5.85. The fourth-order valence-corrected chi connectivity index (χ4v) is 1.90. The SMILES string of the molecule is O=C(Nc1cc(Cl)c(O)c(Cl)c1)c1ccc(Cl)o1. The summed E-state index contributed by atoms with van der Waals surface area (Å²) in [5.74, 6) is -0.683. The third-order valence-corrected chi connectivity index (χ3v) is 2.85. The van der Waals surface area contributed by atoms with Crippen molar-refractivity contribution in [2.24, 2.45) is 0 Å². The Morgan fingerprint density at radius 3 is 2.28 bits per heavy atom. The summed E-state index contributed by atoms with van der Waals surface area (Å²) in [6, 6.07) is 5.62. The zero-order chi connectivity index (χ0) is 13.3. The van der Waals surface area contributed by atoms with E-state index >= 15 is 0 Å². The van der Waals surface area contributed by atoms with Crippen LogP contribution in [0, 0.1) is 0 Å². The minimum absolute atomic E-state index is 0.0373. The van der Waals surface area contributed by atoms with Gasteiger partial charge in [0.1, 0.15) is 0 Å². The van der Waals surface area contributed by atoms with E-state index in [0.29, 0.717) is 5.69 Å². The van der Waals surface area contributed by atoms with E-state index in [1.165, 1.54) is 24.3 Å². The third-order valence-electron chi connectivity index (χ3n) is 2.07. The second-order valence-electron chi connectivity index (χ2n) is 3.35. The highest BCUT2D eigenvalue weighted by molar-refractivity contribution is 6.37. The summed E-state index contributed by atoms with van der Waals surface area (Å²) in [4.78, 5) is 11.7. The van der Waals surface area contributed by atoms with E-state index < -0.39 is 5.91 Å². The Morgan fingerprint density at radius 1 is 1.17 bits per heavy atom. The molecule has 4 nitrogen and oxygen atoms in total. The largest absolute Gasteiger partial charge is 0.505 e. The van der Waals surface area contributed by atoms with Gasteiger partial charge in [-0.3, -0.25) is 4.79 Å². The number of halogens is 3. The molecule has 2 rings (SSSR count). The lowest BCUT2D eigenvalue weighted by molar-refractivity contribution is 0.0997. The van der Waals surface area contributed by atoms with Gasteiger partial charge in [0, 0.05) is 5.69 Å². The van der Waals surface area contributed by atoms with E-state index in [4.69, 9.17) is 39.2 Å². The monoisotopic (exact) mass is 305 g/mol. The number of phenolic OH excluding ortho intramolecular Hbond substituents is 1. The number of rotatable bonds is 2. The molecule has 7 heteroatoms. The molecule has 0 saturated heterocycles. The lowest BCUT2D eigenvalue weighted by atomic mass is 10.3. The smallest absolute Gasteiger partial charge is 0.291 e. The Kier molecular flexibility index (Phi) is 3.71. The maximum absolute atomic E-state index is 11.7. The Bertz CT molecular complexity index is 586. The van der Waals surface area contributed by atoms with Gasteiger partial charge < -0.3 is 14.8 Å². The maximum atomic E-state index is 11.7. The number of aromatic hydroxyl groups is 1. The predicted molar refractivity (Wildman–Crippen MR) is 69.8 cm³/mol. The molecular formula is C11H6Cl3NO3. The zero-order valence-electron chi connectivity index (χ0n) is 8.71. The Balaban J connectivity index is 2.22. The molecule has 1 amide bonds. The van der Waals surface area contributed by atoms with E-state index in [9.17, 15) is 9.90 Å². The van der Waals surface area contributed by atoms with Gasteiger partial charge in [-0.1, -0.05) is 23.2 Å². The molecule has 0 aliphatic heterocycles. The van der Waals surface area contributed by atoms with Crippen molar-refractivity contribution in [3.8, 4) is 5.75 Å². The summed E-state index contributed by atoms with van der Waals surface area (Å²) in [6.07, 6.45) is 0. The molecule has 2 aromatic rings. The molecule has 1 aromatic carbocycles. The van der Waals surface area contributed by atoms with Gasteiger partial charge in [0.05, 0.1) is 10.0 Å². The van der Waals surface area contributed by atoms with Crippen molar-refractivity contribution >= 4 is 46.4 Å². The number of carbonyl (C=O) groups is 1. The Hall–Kier alpha value is -1.36. The van der Waals surface area contributed by atoms with Crippen LogP contribution >= 0.6 is 34.8 Å². The second-order valence-corrected chi connectivity index (χ2v) is 4.53. The molecule has 18 heavy (non-hydrogen) atoms. The molecule has 0 aliphatic carbocycles. The van der Waals surface area contributed by atoms with Gasteiger partial charge >= 0.3 is 0 Å². The highest BCUT2D eigenvalue weighted by Gasteiger charge is 2.13. The lowest BCUT2D eigenvalue weighted by Gasteiger charge is -2.06. The van der Waals surface area contributed by atoms with Crippen molar-refractivity contribution < 1.29 is 14.3 Å². The summed E-state index contributed by atoms with van der Waals surface area (Å²) in [7, 11) is 0. The second kappa shape index (κ2) is 5.10. The first kappa shape index (κ1) is 13.1. The first-order valence-electron chi connectivity index (χ1n) is 4.72. The quantitative estimate of drug-likeness (QED) is 0.817. The number of benzene rings is 1. The molecule has 0 bridgehead atoms. The van der Waals surface area contributed by atoms with Crippen molar-refractivity contribution in [1.82, 2.24) is 0 Å². The molecule has 0 fully saturated rings. The van der Waals surface area contributed by atoms with Crippen LogP contribution in [-0.2, 0) is 0 Å². The Labute approximate surface area is 117 Å². The molecule has 0 saturated carbocycles. The van der Waals surface area contributed by atoms with Gasteiger partial charge in [-0.25, -0.2) is 0 Å². The molecule has 1 heterocycles. The summed E-state index contributed by atoms with van der Waals surface area (Å²) < 4.78 is 4.94. The minimum Gasteiger partial charge on any atom is -0.505 e. The van der Waals surface area contributed by atoms with Crippen LogP contribution in [-0.4, -0.2) is 11.0 Å². The van der Waals surface area contributed by atoms with Crippen molar-refractivity contribution in [3.05, 3.63) is 45.3 Å². The Morgan fingerprint density at radius 2 is 1.78 bits per heavy atom. The first-order chi connectivity index (χ1) is 8.47. The number of phenols is 1. The van der Waals surface area contributed by atoms with E-state index in [-0.39, 0.29) is 26.8 Å². The molecule has 1 aromatic heterocycles. The average Bonchev–Trinajstić information content (AvgIpc) is 2.72. The number of hydrogen-bond acceptors (Lipinski definition) is 3. The fourth-order valence-electron chi connectivity index (χ4n) is 1.27. The summed E-state index contributed by atoms with van der Waals surface area (Å²) in [5.41, 5.74) is 0.334. The molecule has 0 radical (unpaired) electrons. The standard InChI is InChI=1S/C11H6Cl3NO3/c12-6-3-5(4-7(13)10(6)16)15-11(17)8-1-2-9(14)18-8/h1-4,16H,(H,15,17). The predicted octanol–water partition coefficient (Wildman–Crippen LogP) is 4.20. The number of furan rings is 1. The molecule has 0 spiro atoms. The third kappa shape index (κ3) is 2.72. The van der Waals surface area contributed by atoms with Crippen molar-refractivity contribution in [1.29, 1.82) is 0 Å². The maximum Gasteiger partial charge on any atom is 0.291 e. The van der Waals surface area contributed by atoms with Gasteiger partial charge in [-0.05, 0) is 35.9 Å². The molecule has 0 unspecified atom stereocenters. The highest BCUT2D eigenvalue weighted by atomic mass is 35.5. The average molecular weight is 307 g/mol. The number of carbonyl (C=O) groups excluding carboxylic acids is 1. The molecule has 0 atom stereocenters. The van der Waals surface area contributed by atoms with Crippen molar-refractivity contribution in [2.75, 3.05) is 5.32 Å².